The summed E-state index contributed by atoms with van der Waals surface area (Å²) in [6.07, 6.45) is 5.61. The number of benzene rings is 2. The molecule has 0 fully saturated rings. The molecule has 2 aromatic carbocycles. The monoisotopic (exact) mass is 277 g/mol. The minimum Gasteiger partial charge on any atom is -0.434 e. The average Bonchev–Trinajstić information content (AvgIpc) is 2.51. The number of hydrogen-bond acceptors (Lipinski definition) is 2. The molecule has 0 aliphatic carbocycles. The van der Waals surface area contributed by atoms with Crippen LogP contribution in [0.4, 0.5) is 0 Å². The lowest BCUT2D eigenvalue weighted by Gasteiger charge is -2.04. The van der Waals surface area contributed by atoms with E-state index in [9.17, 15) is 0 Å². The number of hydrogen-bond donors (Lipinski definition) is 0. The molecule has 3 aromatic rings. The van der Waals surface area contributed by atoms with Gasteiger partial charge in [-0.15, -0.1) is 0 Å². The number of aromatic nitrogens is 2. The fourth-order valence-electron chi connectivity index (χ4n) is 2.08. The van der Waals surface area contributed by atoms with Crippen LogP contribution in [0, 0.1) is 6.92 Å². The van der Waals surface area contributed by atoms with Crippen LogP contribution in [0.15, 0.2) is 73.2 Å². The van der Waals surface area contributed by atoms with Gasteiger partial charge in [0.25, 0.3) is 5.88 Å². The van der Waals surface area contributed by atoms with Crippen molar-refractivity contribution in [3.63, 3.8) is 0 Å². The Morgan fingerprint density at radius 3 is 2.52 bits per heavy atom. The Morgan fingerprint density at radius 2 is 1.76 bits per heavy atom. The molecule has 3 heteroatoms. The zero-order valence-electron chi connectivity index (χ0n) is 11.9. The van der Waals surface area contributed by atoms with Crippen LogP contribution >= 0.6 is 0 Å². The first-order chi connectivity index (χ1) is 10.3. The number of nitrogens with zero attached hydrogens (tertiary/aromatic N) is 2. The van der Waals surface area contributed by atoms with Gasteiger partial charge in [-0.3, -0.25) is 0 Å². The number of ether oxygens (including phenoxy) is 1. The molecular weight excluding hydrogens is 260 g/mol. The van der Waals surface area contributed by atoms with Gasteiger partial charge in [0.15, 0.2) is 12.7 Å². The van der Waals surface area contributed by atoms with Gasteiger partial charge in [0.05, 0.1) is 6.20 Å². The molecule has 0 unspecified atom stereocenters. The Bertz CT molecular complexity index is 709. The zero-order valence-corrected chi connectivity index (χ0v) is 11.9. The topological polar surface area (TPSA) is 26.0 Å². The molecule has 0 N–H and O–H groups in total. The van der Waals surface area contributed by atoms with Gasteiger partial charge in [0.2, 0.25) is 6.20 Å². The molecule has 0 spiro atoms. The van der Waals surface area contributed by atoms with Crippen molar-refractivity contribution in [2.24, 2.45) is 0 Å². The van der Waals surface area contributed by atoms with Gasteiger partial charge in [-0.1, -0.05) is 48.0 Å². The molecule has 0 saturated carbocycles. The standard InChI is InChI=1S/C18H17N2O/c1-15-7-9-17(10-8-15)21-18-14-20(12-11-19-18)13-16-5-3-2-4-6-16/h2-12,14H,13H2,1H3/q+1. The minimum absolute atomic E-state index is 0.595. The van der Waals surface area contributed by atoms with Crippen molar-refractivity contribution in [3.8, 4) is 11.6 Å². The van der Waals surface area contributed by atoms with E-state index in [1.165, 1.54) is 11.1 Å². The fourth-order valence-corrected chi connectivity index (χ4v) is 2.08. The first-order valence-electron chi connectivity index (χ1n) is 6.93. The van der Waals surface area contributed by atoms with Gasteiger partial charge in [-0.2, -0.15) is 4.57 Å². The fraction of sp³-hybridized carbons (Fsp3) is 0.111. The molecular formula is C18H17N2O+. The first kappa shape index (κ1) is 13.3. The highest BCUT2D eigenvalue weighted by Gasteiger charge is 2.07. The molecule has 0 saturated heterocycles. The summed E-state index contributed by atoms with van der Waals surface area (Å²) < 4.78 is 7.84. The summed E-state index contributed by atoms with van der Waals surface area (Å²) in [6.45, 7) is 2.85. The van der Waals surface area contributed by atoms with Crippen molar-refractivity contribution in [2.45, 2.75) is 13.5 Å². The van der Waals surface area contributed by atoms with Gasteiger partial charge in [-0.25, -0.2) is 4.98 Å². The summed E-state index contributed by atoms with van der Waals surface area (Å²) in [5.74, 6) is 1.39. The summed E-state index contributed by atoms with van der Waals surface area (Å²) in [5.41, 5.74) is 2.46. The second kappa shape index (κ2) is 6.18. The number of aryl methyl sites for hydroxylation is 1. The Balaban J connectivity index is 1.75. The van der Waals surface area contributed by atoms with Crippen LogP contribution in [0.25, 0.3) is 0 Å². The maximum Gasteiger partial charge on any atom is 0.285 e. The van der Waals surface area contributed by atoms with Gasteiger partial charge in [-0.05, 0) is 19.1 Å². The van der Waals surface area contributed by atoms with Crippen molar-refractivity contribution < 1.29 is 9.30 Å². The summed E-state index contributed by atoms with van der Waals surface area (Å²) in [5, 5.41) is 0. The lowest BCUT2D eigenvalue weighted by Crippen LogP contribution is -2.33. The normalized spacial score (nSPS) is 10.3. The van der Waals surface area contributed by atoms with Crippen LogP contribution in [0.2, 0.25) is 0 Å². The lowest BCUT2D eigenvalue weighted by molar-refractivity contribution is -0.689. The molecule has 104 valence electrons. The average molecular weight is 277 g/mol. The van der Waals surface area contributed by atoms with Crippen molar-refractivity contribution in [3.05, 3.63) is 84.3 Å². The maximum absolute atomic E-state index is 5.78. The van der Waals surface area contributed by atoms with Crippen molar-refractivity contribution in [1.82, 2.24) is 4.98 Å². The maximum atomic E-state index is 5.78. The number of rotatable bonds is 4. The molecule has 0 radical (unpaired) electrons. The largest absolute Gasteiger partial charge is 0.434 e. The third-order valence-electron chi connectivity index (χ3n) is 3.19. The van der Waals surface area contributed by atoms with E-state index in [0.717, 1.165) is 12.3 Å². The molecule has 0 aliphatic heterocycles. The molecule has 21 heavy (non-hydrogen) atoms. The van der Waals surface area contributed by atoms with E-state index < -0.39 is 0 Å². The summed E-state index contributed by atoms with van der Waals surface area (Å²) in [4.78, 5) is 4.26. The molecule has 0 amide bonds. The second-order valence-corrected chi connectivity index (χ2v) is 4.97. The first-order valence-corrected chi connectivity index (χ1v) is 6.93. The van der Waals surface area contributed by atoms with Crippen LogP contribution in [-0.4, -0.2) is 4.98 Å². The zero-order chi connectivity index (χ0) is 14.5. The molecule has 0 atom stereocenters. The third-order valence-corrected chi connectivity index (χ3v) is 3.19. The SMILES string of the molecule is Cc1ccc(Oc2c[n+](Cc3ccccc3)ccn2)cc1. The summed E-state index contributed by atoms with van der Waals surface area (Å²) in [6, 6.07) is 18.3. The van der Waals surface area contributed by atoms with Gasteiger partial charge >= 0.3 is 0 Å². The quantitative estimate of drug-likeness (QED) is 0.682. The Hall–Kier alpha value is -2.68. The predicted molar refractivity (Wildman–Crippen MR) is 81.2 cm³/mol. The molecule has 3 rings (SSSR count). The summed E-state index contributed by atoms with van der Waals surface area (Å²) in [7, 11) is 0. The molecule has 1 aromatic heterocycles. The molecule has 1 heterocycles. The van der Waals surface area contributed by atoms with E-state index in [1.807, 2.05) is 54.9 Å². The van der Waals surface area contributed by atoms with E-state index in [0.29, 0.717) is 5.88 Å². The van der Waals surface area contributed by atoms with E-state index in [2.05, 4.69) is 28.6 Å². The molecule has 3 nitrogen and oxygen atoms in total. The van der Waals surface area contributed by atoms with Crippen LogP contribution in [0.5, 0.6) is 11.6 Å². The lowest BCUT2D eigenvalue weighted by atomic mass is 10.2. The Labute approximate surface area is 124 Å². The smallest absolute Gasteiger partial charge is 0.285 e. The molecule has 0 bridgehead atoms. The van der Waals surface area contributed by atoms with Crippen LogP contribution in [0.1, 0.15) is 11.1 Å². The van der Waals surface area contributed by atoms with E-state index >= 15 is 0 Å². The van der Waals surface area contributed by atoms with E-state index in [-0.39, 0.29) is 0 Å². The second-order valence-electron chi connectivity index (χ2n) is 4.97. The Kier molecular flexibility index (Phi) is 3.92. The third kappa shape index (κ3) is 3.66. The minimum atomic E-state index is 0.595. The highest BCUT2D eigenvalue weighted by Crippen LogP contribution is 2.18. The highest BCUT2D eigenvalue weighted by molar-refractivity contribution is 5.28. The van der Waals surface area contributed by atoms with Crippen molar-refractivity contribution >= 4 is 0 Å². The Morgan fingerprint density at radius 1 is 1.00 bits per heavy atom. The van der Waals surface area contributed by atoms with Crippen molar-refractivity contribution in [2.75, 3.05) is 0 Å². The van der Waals surface area contributed by atoms with E-state index in [1.54, 1.807) is 6.20 Å². The van der Waals surface area contributed by atoms with Crippen molar-refractivity contribution in [1.29, 1.82) is 0 Å². The predicted octanol–water partition coefficient (Wildman–Crippen LogP) is 3.52. The molecule has 0 aliphatic rings. The van der Waals surface area contributed by atoms with Crippen LogP contribution in [-0.2, 0) is 6.54 Å². The van der Waals surface area contributed by atoms with Gasteiger partial charge < -0.3 is 4.74 Å². The van der Waals surface area contributed by atoms with Gasteiger partial charge in [0, 0.05) is 5.56 Å². The van der Waals surface area contributed by atoms with E-state index in [4.69, 9.17) is 4.74 Å². The van der Waals surface area contributed by atoms with Gasteiger partial charge in [0.1, 0.15) is 5.75 Å². The van der Waals surface area contributed by atoms with Crippen LogP contribution < -0.4 is 9.30 Å². The summed E-state index contributed by atoms with van der Waals surface area (Å²) >= 11 is 0. The van der Waals surface area contributed by atoms with Crippen LogP contribution in [0.3, 0.4) is 0 Å². The highest BCUT2D eigenvalue weighted by atomic mass is 16.5.